The average molecular weight is 279 g/mol. The number of nitrogens with zero attached hydrogens (tertiary/aromatic N) is 1. The number of hydrogen-bond donors (Lipinski definition) is 1. The van der Waals surface area contributed by atoms with Gasteiger partial charge in [0.05, 0.1) is 23.0 Å². The van der Waals surface area contributed by atoms with Crippen molar-refractivity contribution >= 4 is 0 Å². The van der Waals surface area contributed by atoms with Crippen molar-refractivity contribution in [3.63, 3.8) is 0 Å². The molecule has 2 nitrogen and oxygen atoms in total. The van der Waals surface area contributed by atoms with Gasteiger partial charge >= 0.3 is 12.4 Å². The molecule has 0 bridgehead atoms. The third-order valence-corrected chi connectivity index (χ3v) is 2.35. The summed E-state index contributed by atoms with van der Waals surface area (Å²) in [6, 6.07) is 1.32. The zero-order valence-electron chi connectivity index (χ0n) is 9.02. The van der Waals surface area contributed by atoms with Crippen molar-refractivity contribution in [3.05, 3.63) is 41.9 Å². The van der Waals surface area contributed by atoms with E-state index in [2.05, 4.69) is 16.3 Å². The first-order chi connectivity index (χ1) is 8.68. The standard InChI is InChI=1S/C11H5F6N2/c12-10(13,14)7-1-6(9-4-18-5-19-9)2-8(3-7)11(15,16)17/h1-4H,(H,18,19). The Morgan fingerprint density at radius 1 is 0.895 bits per heavy atom. The van der Waals surface area contributed by atoms with Crippen LogP contribution in [0.2, 0.25) is 0 Å². The molecule has 1 heterocycles. The van der Waals surface area contributed by atoms with Gasteiger partial charge in [-0.05, 0) is 18.2 Å². The highest BCUT2D eigenvalue weighted by molar-refractivity contribution is 5.61. The van der Waals surface area contributed by atoms with Crippen molar-refractivity contribution in [1.82, 2.24) is 9.97 Å². The van der Waals surface area contributed by atoms with E-state index >= 15 is 0 Å². The molecule has 2 rings (SSSR count). The second kappa shape index (κ2) is 4.29. The Balaban J connectivity index is 2.62. The Hall–Kier alpha value is -1.99. The molecule has 1 aromatic carbocycles. The number of benzene rings is 1. The normalized spacial score (nSPS) is 12.7. The Morgan fingerprint density at radius 3 is 1.79 bits per heavy atom. The number of nitrogens with one attached hydrogen (secondary N) is 1. The van der Waals surface area contributed by atoms with Crippen molar-refractivity contribution < 1.29 is 26.3 Å². The molecule has 1 aromatic heterocycles. The number of aromatic nitrogens is 2. The summed E-state index contributed by atoms with van der Waals surface area (Å²) in [6.07, 6.45) is -6.42. The van der Waals surface area contributed by atoms with Crippen LogP contribution < -0.4 is 0 Å². The summed E-state index contributed by atoms with van der Waals surface area (Å²) in [5.41, 5.74) is -2.97. The van der Waals surface area contributed by atoms with E-state index in [1.807, 2.05) is 0 Å². The van der Waals surface area contributed by atoms with Gasteiger partial charge in [-0.2, -0.15) is 26.3 Å². The van der Waals surface area contributed by atoms with E-state index in [9.17, 15) is 26.3 Å². The number of rotatable bonds is 1. The maximum Gasteiger partial charge on any atom is 0.416 e. The summed E-state index contributed by atoms with van der Waals surface area (Å²) in [4.78, 5) is 5.78. The van der Waals surface area contributed by atoms with Crippen LogP contribution in [0.15, 0.2) is 24.4 Å². The van der Waals surface area contributed by atoms with Gasteiger partial charge in [0.1, 0.15) is 0 Å². The number of alkyl halides is 6. The molecule has 0 atom stereocenters. The Labute approximate surface area is 103 Å². The lowest BCUT2D eigenvalue weighted by Crippen LogP contribution is -2.11. The molecule has 0 aliphatic carbocycles. The van der Waals surface area contributed by atoms with Crippen LogP contribution in [0.4, 0.5) is 26.3 Å². The first-order valence-corrected chi connectivity index (χ1v) is 4.89. The molecule has 1 radical (unpaired) electrons. The van der Waals surface area contributed by atoms with Crippen LogP contribution in [0.3, 0.4) is 0 Å². The third-order valence-electron chi connectivity index (χ3n) is 2.35. The summed E-state index contributed by atoms with van der Waals surface area (Å²) < 4.78 is 75.5. The Morgan fingerprint density at radius 2 is 1.42 bits per heavy atom. The first-order valence-electron chi connectivity index (χ1n) is 4.89. The molecule has 8 heteroatoms. The van der Waals surface area contributed by atoms with Crippen LogP contribution >= 0.6 is 0 Å². The molecule has 101 valence electrons. The Bertz CT molecular complexity index is 536. The van der Waals surface area contributed by atoms with E-state index in [-0.39, 0.29) is 17.3 Å². The number of aromatic amines is 1. The van der Waals surface area contributed by atoms with Crippen LogP contribution in [0.5, 0.6) is 0 Å². The topological polar surface area (TPSA) is 28.7 Å². The zero-order chi connectivity index (χ0) is 14.3. The van der Waals surface area contributed by atoms with Crippen LogP contribution in [-0.4, -0.2) is 9.97 Å². The van der Waals surface area contributed by atoms with Gasteiger partial charge < -0.3 is 4.98 Å². The van der Waals surface area contributed by atoms with Crippen molar-refractivity contribution in [2.24, 2.45) is 0 Å². The second-order valence-corrected chi connectivity index (χ2v) is 3.70. The molecule has 0 saturated carbocycles. The minimum Gasteiger partial charge on any atom is -0.335 e. The van der Waals surface area contributed by atoms with E-state index in [0.717, 1.165) is 6.20 Å². The van der Waals surface area contributed by atoms with Crippen LogP contribution in [-0.2, 0) is 12.4 Å². The molecular formula is C11H5F6N2. The fraction of sp³-hybridized carbons (Fsp3) is 0.182. The molecule has 0 fully saturated rings. The summed E-state index contributed by atoms with van der Waals surface area (Å²) in [7, 11) is 0. The number of imidazole rings is 1. The largest absolute Gasteiger partial charge is 0.416 e. The summed E-state index contributed by atoms with van der Waals surface area (Å²) in [5.74, 6) is 0. The van der Waals surface area contributed by atoms with Crippen molar-refractivity contribution in [3.8, 4) is 11.3 Å². The maximum atomic E-state index is 12.6. The highest BCUT2D eigenvalue weighted by Gasteiger charge is 2.37. The Kier molecular flexibility index (Phi) is 3.03. The molecule has 0 amide bonds. The van der Waals surface area contributed by atoms with Gasteiger partial charge in [-0.15, -0.1) is 0 Å². The van der Waals surface area contributed by atoms with Gasteiger partial charge in [0, 0.05) is 5.56 Å². The van der Waals surface area contributed by atoms with Crippen molar-refractivity contribution in [2.45, 2.75) is 12.4 Å². The fourth-order valence-electron chi connectivity index (χ4n) is 1.48. The second-order valence-electron chi connectivity index (χ2n) is 3.70. The first kappa shape index (κ1) is 13.4. The van der Waals surface area contributed by atoms with E-state index in [4.69, 9.17) is 0 Å². The molecule has 0 aliphatic rings. The maximum absolute atomic E-state index is 12.6. The fourth-order valence-corrected chi connectivity index (χ4v) is 1.48. The predicted molar refractivity (Wildman–Crippen MR) is 52.9 cm³/mol. The average Bonchev–Trinajstić information content (AvgIpc) is 2.79. The van der Waals surface area contributed by atoms with E-state index < -0.39 is 23.5 Å². The summed E-state index contributed by atoms with van der Waals surface area (Å²) in [5, 5.41) is 0. The molecule has 0 unspecified atom stereocenters. The zero-order valence-corrected chi connectivity index (χ0v) is 9.02. The minimum absolute atomic E-state index is 0.0246. The lowest BCUT2D eigenvalue weighted by molar-refractivity contribution is -0.143. The monoisotopic (exact) mass is 279 g/mol. The third kappa shape index (κ3) is 2.88. The van der Waals surface area contributed by atoms with E-state index in [1.165, 1.54) is 0 Å². The quantitative estimate of drug-likeness (QED) is 0.787. The van der Waals surface area contributed by atoms with Crippen LogP contribution in [0, 0.1) is 6.33 Å². The highest BCUT2D eigenvalue weighted by Crippen LogP contribution is 2.38. The molecule has 2 aromatic rings. The SMILES string of the molecule is FC(F)(F)c1cc(-c2cn[c][nH]2)cc(C(F)(F)F)c1. The van der Waals surface area contributed by atoms with Gasteiger partial charge in [0.2, 0.25) is 0 Å². The van der Waals surface area contributed by atoms with Crippen LogP contribution in [0.1, 0.15) is 11.1 Å². The smallest absolute Gasteiger partial charge is 0.335 e. The van der Waals surface area contributed by atoms with E-state index in [1.54, 1.807) is 0 Å². The van der Waals surface area contributed by atoms with Gasteiger partial charge in [0.25, 0.3) is 0 Å². The van der Waals surface area contributed by atoms with Gasteiger partial charge in [-0.1, -0.05) is 0 Å². The van der Waals surface area contributed by atoms with Gasteiger partial charge in [-0.25, -0.2) is 4.98 Å². The summed E-state index contributed by atoms with van der Waals surface area (Å²) >= 11 is 0. The van der Waals surface area contributed by atoms with E-state index in [0.29, 0.717) is 12.1 Å². The van der Waals surface area contributed by atoms with Crippen molar-refractivity contribution in [1.29, 1.82) is 0 Å². The number of hydrogen-bond acceptors (Lipinski definition) is 1. The lowest BCUT2D eigenvalue weighted by Gasteiger charge is -2.13. The van der Waals surface area contributed by atoms with Crippen molar-refractivity contribution in [2.75, 3.05) is 0 Å². The lowest BCUT2D eigenvalue weighted by atomic mass is 10.0. The predicted octanol–water partition coefficient (Wildman–Crippen LogP) is 3.91. The summed E-state index contributed by atoms with van der Waals surface area (Å²) in [6.45, 7) is 0. The molecule has 1 N–H and O–H groups in total. The number of H-pyrrole nitrogens is 1. The molecular weight excluding hydrogens is 274 g/mol. The highest BCUT2D eigenvalue weighted by atomic mass is 19.4. The van der Waals surface area contributed by atoms with Crippen LogP contribution in [0.25, 0.3) is 11.3 Å². The number of halogens is 6. The molecule has 0 aliphatic heterocycles. The molecule has 19 heavy (non-hydrogen) atoms. The molecule has 0 spiro atoms. The molecule has 0 saturated heterocycles. The van der Waals surface area contributed by atoms with Gasteiger partial charge in [-0.3, -0.25) is 0 Å². The minimum atomic E-state index is -4.86. The van der Waals surface area contributed by atoms with Gasteiger partial charge in [0.15, 0.2) is 6.33 Å².